The number of hydrogen-bond acceptors (Lipinski definition) is 4. The Morgan fingerprint density at radius 1 is 1.22 bits per heavy atom. The minimum absolute atomic E-state index is 0.0845. The summed E-state index contributed by atoms with van der Waals surface area (Å²) in [6.45, 7) is -0.0845. The van der Waals surface area contributed by atoms with Gasteiger partial charge in [0, 0.05) is 22.1 Å². The van der Waals surface area contributed by atoms with Crippen LogP contribution in [0, 0.1) is 11.3 Å². The average molecular weight is 347 g/mol. The molecule has 0 saturated heterocycles. The lowest BCUT2D eigenvalue weighted by atomic mass is 10.3. The molecule has 0 aromatic heterocycles. The van der Waals surface area contributed by atoms with Gasteiger partial charge in [0.1, 0.15) is 5.75 Å². The van der Waals surface area contributed by atoms with Crippen LogP contribution in [0.4, 0.5) is 5.69 Å². The topological polar surface area (TPSA) is 62.1 Å². The number of carbonyl (C=O) groups is 1. The summed E-state index contributed by atoms with van der Waals surface area (Å²) in [5.41, 5.74) is 0.722. The molecule has 0 saturated carbocycles. The number of nitriles is 1. The van der Waals surface area contributed by atoms with Crippen LogP contribution in [0.1, 0.15) is 6.42 Å². The largest absolute Gasteiger partial charge is 0.484 e. The number of hydrogen-bond donors (Lipinski definition) is 1. The number of halogens is 1. The van der Waals surface area contributed by atoms with Crippen LogP contribution in [0.5, 0.6) is 5.75 Å². The standard InChI is InChI=1S/C17H15ClN2O2S/c18-13-6-8-14(9-7-13)22-12-17(21)20-15-4-1-2-5-16(15)23-11-3-10-19/h1-2,4-9H,3,11-12H2,(H,20,21). The molecule has 2 aromatic carbocycles. The quantitative estimate of drug-likeness (QED) is 0.597. The lowest BCUT2D eigenvalue weighted by Crippen LogP contribution is -2.20. The molecule has 1 N–H and O–H groups in total. The van der Waals surface area contributed by atoms with E-state index in [4.69, 9.17) is 21.6 Å². The van der Waals surface area contributed by atoms with Gasteiger partial charge in [-0.25, -0.2) is 0 Å². The first-order valence-electron chi connectivity index (χ1n) is 6.96. The Morgan fingerprint density at radius 3 is 2.70 bits per heavy atom. The van der Waals surface area contributed by atoms with E-state index >= 15 is 0 Å². The third-order valence-corrected chi connectivity index (χ3v) is 4.14. The molecule has 0 heterocycles. The summed E-state index contributed by atoms with van der Waals surface area (Å²) < 4.78 is 5.41. The third kappa shape index (κ3) is 5.85. The number of rotatable bonds is 7. The molecule has 2 aromatic rings. The molecule has 118 valence electrons. The Hall–Kier alpha value is -2.16. The van der Waals surface area contributed by atoms with E-state index in [1.807, 2.05) is 24.3 Å². The van der Waals surface area contributed by atoms with Crippen molar-refractivity contribution in [2.45, 2.75) is 11.3 Å². The zero-order valence-corrected chi connectivity index (χ0v) is 13.9. The van der Waals surface area contributed by atoms with E-state index < -0.39 is 0 Å². The second-order valence-corrected chi connectivity index (χ2v) is 6.12. The summed E-state index contributed by atoms with van der Waals surface area (Å²) in [6, 6.07) is 16.4. The van der Waals surface area contributed by atoms with Crippen molar-refractivity contribution < 1.29 is 9.53 Å². The van der Waals surface area contributed by atoms with Crippen molar-refractivity contribution in [2.75, 3.05) is 17.7 Å². The molecule has 0 aliphatic heterocycles. The normalized spacial score (nSPS) is 9.91. The Labute approximate surface area is 144 Å². The van der Waals surface area contributed by atoms with Crippen molar-refractivity contribution in [3.8, 4) is 11.8 Å². The van der Waals surface area contributed by atoms with Crippen molar-refractivity contribution in [3.63, 3.8) is 0 Å². The molecule has 6 heteroatoms. The van der Waals surface area contributed by atoms with E-state index in [2.05, 4.69) is 11.4 Å². The van der Waals surface area contributed by atoms with Crippen molar-refractivity contribution in [3.05, 3.63) is 53.6 Å². The summed E-state index contributed by atoms with van der Waals surface area (Å²) in [5, 5.41) is 12.0. The molecule has 0 aliphatic rings. The monoisotopic (exact) mass is 346 g/mol. The van der Waals surface area contributed by atoms with Gasteiger partial charge < -0.3 is 10.1 Å². The number of carbonyl (C=O) groups excluding carboxylic acids is 1. The SMILES string of the molecule is N#CCCSc1ccccc1NC(=O)COc1ccc(Cl)cc1. The Morgan fingerprint density at radius 2 is 1.96 bits per heavy atom. The maximum Gasteiger partial charge on any atom is 0.262 e. The summed E-state index contributed by atoms with van der Waals surface area (Å²) in [5.74, 6) is 1.03. The van der Waals surface area contributed by atoms with Crippen LogP contribution in [0.3, 0.4) is 0 Å². The van der Waals surface area contributed by atoms with Gasteiger partial charge in [-0.2, -0.15) is 5.26 Å². The molecule has 0 unspecified atom stereocenters. The zero-order chi connectivity index (χ0) is 16.5. The summed E-state index contributed by atoms with van der Waals surface area (Å²) in [7, 11) is 0. The number of para-hydroxylation sites is 1. The van der Waals surface area contributed by atoms with Gasteiger partial charge in [0.25, 0.3) is 5.91 Å². The van der Waals surface area contributed by atoms with Crippen LogP contribution >= 0.6 is 23.4 Å². The molecule has 0 aliphatic carbocycles. The predicted octanol–water partition coefficient (Wildman–Crippen LogP) is 4.36. The van der Waals surface area contributed by atoms with Crippen molar-refractivity contribution >= 4 is 35.0 Å². The van der Waals surface area contributed by atoms with Gasteiger partial charge in [-0.3, -0.25) is 4.79 Å². The maximum absolute atomic E-state index is 12.0. The van der Waals surface area contributed by atoms with E-state index in [1.165, 1.54) is 11.8 Å². The average Bonchev–Trinajstić information content (AvgIpc) is 2.56. The molecular formula is C17H15ClN2O2S. The van der Waals surface area contributed by atoms with Gasteiger partial charge in [0.2, 0.25) is 0 Å². The lowest BCUT2D eigenvalue weighted by Gasteiger charge is -2.11. The zero-order valence-electron chi connectivity index (χ0n) is 12.3. The van der Waals surface area contributed by atoms with Crippen molar-refractivity contribution in [2.24, 2.45) is 0 Å². The third-order valence-electron chi connectivity index (χ3n) is 2.82. The second-order valence-electron chi connectivity index (χ2n) is 4.54. The Balaban J connectivity index is 1.89. The highest BCUT2D eigenvalue weighted by atomic mass is 35.5. The van der Waals surface area contributed by atoms with Gasteiger partial charge in [0.15, 0.2) is 6.61 Å². The van der Waals surface area contributed by atoms with E-state index in [0.717, 1.165) is 10.6 Å². The van der Waals surface area contributed by atoms with Gasteiger partial charge in [-0.05, 0) is 36.4 Å². The van der Waals surface area contributed by atoms with Crippen LogP contribution in [-0.2, 0) is 4.79 Å². The number of nitrogens with zero attached hydrogens (tertiary/aromatic N) is 1. The Bertz CT molecular complexity index is 698. The summed E-state index contributed by atoms with van der Waals surface area (Å²) >= 11 is 7.33. The van der Waals surface area contributed by atoms with Crippen molar-refractivity contribution in [1.82, 2.24) is 0 Å². The molecule has 0 spiro atoms. The number of nitrogens with one attached hydrogen (secondary N) is 1. The molecule has 0 bridgehead atoms. The van der Waals surface area contributed by atoms with Crippen molar-refractivity contribution in [1.29, 1.82) is 5.26 Å². The molecule has 0 atom stereocenters. The smallest absolute Gasteiger partial charge is 0.262 e. The highest BCUT2D eigenvalue weighted by Crippen LogP contribution is 2.27. The summed E-state index contributed by atoms with van der Waals surface area (Å²) in [4.78, 5) is 12.9. The molecule has 4 nitrogen and oxygen atoms in total. The highest BCUT2D eigenvalue weighted by Gasteiger charge is 2.08. The van der Waals surface area contributed by atoms with Crippen LogP contribution in [0.25, 0.3) is 0 Å². The van der Waals surface area contributed by atoms with Gasteiger partial charge >= 0.3 is 0 Å². The van der Waals surface area contributed by atoms with E-state index in [0.29, 0.717) is 22.9 Å². The first kappa shape index (κ1) is 17.2. The fraction of sp³-hybridized carbons (Fsp3) is 0.176. The van der Waals surface area contributed by atoms with Gasteiger partial charge in [-0.1, -0.05) is 23.7 Å². The first-order chi connectivity index (χ1) is 11.2. The number of ether oxygens (including phenoxy) is 1. The number of thioether (sulfide) groups is 1. The lowest BCUT2D eigenvalue weighted by molar-refractivity contribution is -0.118. The van der Waals surface area contributed by atoms with Gasteiger partial charge in [-0.15, -0.1) is 11.8 Å². The number of benzene rings is 2. The van der Waals surface area contributed by atoms with Crippen LogP contribution < -0.4 is 10.1 Å². The maximum atomic E-state index is 12.0. The highest BCUT2D eigenvalue weighted by molar-refractivity contribution is 7.99. The van der Waals surface area contributed by atoms with E-state index in [9.17, 15) is 4.79 Å². The fourth-order valence-corrected chi connectivity index (χ4v) is 2.76. The molecule has 0 fully saturated rings. The fourth-order valence-electron chi connectivity index (χ4n) is 1.77. The molecule has 0 radical (unpaired) electrons. The minimum atomic E-state index is -0.242. The second kappa shape index (κ2) is 9.09. The molecular weight excluding hydrogens is 332 g/mol. The van der Waals surface area contributed by atoms with Crippen LogP contribution in [-0.4, -0.2) is 18.3 Å². The first-order valence-corrected chi connectivity index (χ1v) is 8.32. The van der Waals surface area contributed by atoms with Crippen LogP contribution in [0.15, 0.2) is 53.4 Å². The number of anilines is 1. The Kier molecular flexibility index (Phi) is 6.79. The molecule has 2 rings (SSSR count). The minimum Gasteiger partial charge on any atom is -0.484 e. The van der Waals surface area contributed by atoms with Crippen LogP contribution in [0.2, 0.25) is 5.02 Å². The summed E-state index contributed by atoms with van der Waals surface area (Å²) in [6.07, 6.45) is 0.465. The molecule has 1 amide bonds. The molecule has 23 heavy (non-hydrogen) atoms. The van der Waals surface area contributed by atoms with E-state index in [1.54, 1.807) is 24.3 Å². The van der Waals surface area contributed by atoms with E-state index in [-0.39, 0.29) is 12.5 Å². The van der Waals surface area contributed by atoms with Gasteiger partial charge in [0.05, 0.1) is 11.8 Å². The number of amides is 1. The predicted molar refractivity (Wildman–Crippen MR) is 93.0 cm³/mol.